The molecule has 1 aromatic rings. The Labute approximate surface area is 122 Å². The molecule has 0 heterocycles. The molecule has 21 heavy (non-hydrogen) atoms. The molecular weight excluding hydrogens is 281 g/mol. The average molecular weight is 300 g/mol. The summed E-state index contributed by atoms with van der Waals surface area (Å²) < 4.78 is 43.6. The van der Waals surface area contributed by atoms with Gasteiger partial charge in [-0.15, -0.1) is 0 Å². The molecule has 1 unspecified atom stereocenters. The maximum Gasteiger partial charge on any atom is 0.416 e. The number of aldehydes is 1. The molecular formula is C16H19F3O2. The zero-order valence-electron chi connectivity index (χ0n) is 12.1. The van der Waals surface area contributed by atoms with Crippen LogP contribution >= 0.6 is 0 Å². The van der Waals surface area contributed by atoms with E-state index in [4.69, 9.17) is 4.74 Å². The maximum absolute atomic E-state index is 12.6. The molecule has 1 aromatic carbocycles. The van der Waals surface area contributed by atoms with E-state index >= 15 is 0 Å². The Morgan fingerprint density at radius 3 is 2.52 bits per heavy atom. The van der Waals surface area contributed by atoms with Gasteiger partial charge in [-0.25, -0.2) is 0 Å². The predicted molar refractivity (Wildman–Crippen MR) is 73.4 cm³/mol. The van der Waals surface area contributed by atoms with Gasteiger partial charge in [0.05, 0.1) is 17.2 Å². The van der Waals surface area contributed by atoms with Gasteiger partial charge >= 0.3 is 6.18 Å². The summed E-state index contributed by atoms with van der Waals surface area (Å²) in [4.78, 5) is 11.0. The van der Waals surface area contributed by atoms with Crippen LogP contribution in [0.1, 0.15) is 49.0 Å². The first-order chi connectivity index (χ1) is 9.81. The summed E-state index contributed by atoms with van der Waals surface area (Å²) in [7, 11) is 0. The standard InChI is InChI=1S/C16H19F3O2/c1-10(2)11-3-5-14(8-11)21-15-6-4-13(16(17,18)19)7-12(15)9-20/h4,6-7,9-11,14H,3,5,8H2,1-2H3/t11-,14?/m1/s1. The third-order valence-electron chi connectivity index (χ3n) is 4.13. The minimum atomic E-state index is -4.45. The number of hydrogen-bond donors (Lipinski definition) is 0. The van der Waals surface area contributed by atoms with Gasteiger partial charge in [-0.3, -0.25) is 4.79 Å². The number of ether oxygens (including phenoxy) is 1. The van der Waals surface area contributed by atoms with E-state index in [-0.39, 0.29) is 17.4 Å². The van der Waals surface area contributed by atoms with Crippen LogP contribution in [0.5, 0.6) is 5.75 Å². The summed E-state index contributed by atoms with van der Waals surface area (Å²) in [5.74, 6) is 1.38. The first-order valence-corrected chi connectivity index (χ1v) is 7.14. The molecule has 2 rings (SSSR count). The fourth-order valence-electron chi connectivity index (χ4n) is 2.79. The SMILES string of the molecule is CC(C)[C@@H]1CCC(Oc2ccc(C(F)(F)F)cc2C=O)C1. The molecule has 5 heteroatoms. The molecule has 0 aromatic heterocycles. The van der Waals surface area contributed by atoms with Crippen LogP contribution in [0.4, 0.5) is 13.2 Å². The summed E-state index contributed by atoms with van der Waals surface area (Å²) in [5, 5.41) is 0. The van der Waals surface area contributed by atoms with E-state index in [9.17, 15) is 18.0 Å². The van der Waals surface area contributed by atoms with Crippen molar-refractivity contribution in [3.63, 3.8) is 0 Å². The summed E-state index contributed by atoms with van der Waals surface area (Å²) in [6.45, 7) is 4.31. The van der Waals surface area contributed by atoms with Gasteiger partial charge in [0, 0.05) is 0 Å². The second-order valence-electron chi connectivity index (χ2n) is 5.93. The van der Waals surface area contributed by atoms with E-state index in [0.29, 0.717) is 18.1 Å². The number of carbonyl (C=O) groups excluding carboxylic acids is 1. The fraction of sp³-hybridized carbons (Fsp3) is 0.562. The Kier molecular flexibility index (Phi) is 4.59. The van der Waals surface area contributed by atoms with Crippen LogP contribution in [-0.4, -0.2) is 12.4 Å². The van der Waals surface area contributed by atoms with Crippen LogP contribution in [0, 0.1) is 11.8 Å². The third kappa shape index (κ3) is 3.77. The zero-order chi connectivity index (χ0) is 15.6. The van der Waals surface area contributed by atoms with Crippen molar-refractivity contribution in [3.05, 3.63) is 29.3 Å². The number of carbonyl (C=O) groups is 1. The van der Waals surface area contributed by atoms with Crippen molar-refractivity contribution in [2.45, 2.75) is 45.4 Å². The van der Waals surface area contributed by atoms with Gasteiger partial charge in [0.15, 0.2) is 6.29 Å². The van der Waals surface area contributed by atoms with E-state index < -0.39 is 11.7 Å². The molecule has 0 aliphatic heterocycles. The van der Waals surface area contributed by atoms with Crippen molar-refractivity contribution in [3.8, 4) is 5.75 Å². The van der Waals surface area contributed by atoms with Crippen LogP contribution in [-0.2, 0) is 6.18 Å². The van der Waals surface area contributed by atoms with E-state index in [1.54, 1.807) is 0 Å². The van der Waals surface area contributed by atoms with E-state index in [1.165, 1.54) is 6.07 Å². The molecule has 2 nitrogen and oxygen atoms in total. The van der Waals surface area contributed by atoms with Gasteiger partial charge in [-0.2, -0.15) is 13.2 Å². The summed E-state index contributed by atoms with van der Waals surface area (Å²) in [5.41, 5.74) is -0.874. The molecule has 0 saturated heterocycles. The number of rotatable bonds is 4. The summed E-state index contributed by atoms with van der Waals surface area (Å²) in [6.07, 6.45) is -1.24. The second kappa shape index (κ2) is 6.08. The average Bonchev–Trinajstić information content (AvgIpc) is 2.86. The molecule has 0 radical (unpaired) electrons. The van der Waals surface area contributed by atoms with E-state index in [0.717, 1.165) is 31.4 Å². The first-order valence-electron chi connectivity index (χ1n) is 7.14. The lowest BCUT2D eigenvalue weighted by Crippen LogP contribution is -2.15. The Bertz CT molecular complexity index is 509. The molecule has 116 valence electrons. The lowest BCUT2D eigenvalue weighted by molar-refractivity contribution is -0.137. The van der Waals surface area contributed by atoms with Gasteiger partial charge in [0.25, 0.3) is 0 Å². The Balaban J connectivity index is 2.12. The second-order valence-corrected chi connectivity index (χ2v) is 5.93. The molecule has 1 aliphatic rings. The smallest absolute Gasteiger partial charge is 0.416 e. The minimum absolute atomic E-state index is 0.0205. The van der Waals surface area contributed by atoms with Gasteiger partial charge in [0.1, 0.15) is 5.75 Å². The lowest BCUT2D eigenvalue weighted by Gasteiger charge is -2.18. The zero-order valence-corrected chi connectivity index (χ0v) is 12.1. The largest absolute Gasteiger partial charge is 0.490 e. The van der Waals surface area contributed by atoms with Crippen LogP contribution in [0.2, 0.25) is 0 Å². The highest BCUT2D eigenvalue weighted by Crippen LogP contribution is 2.36. The molecule has 1 fully saturated rings. The van der Waals surface area contributed by atoms with Crippen molar-refractivity contribution in [1.82, 2.24) is 0 Å². The highest BCUT2D eigenvalue weighted by Gasteiger charge is 2.32. The fourth-order valence-corrected chi connectivity index (χ4v) is 2.79. The Morgan fingerprint density at radius 2 is 2.00 bits per heavy atom. The highest BCUT2D eigenvalue weighted by molar-refractivity contribution is 5.79. The molecule has 1 saturated carbocycles. The molecule has 0 bridgehead atoms. The minimum Gasteiger partial charge on any atom is -0.490 e. The van der Waals surface area contributed by atoms with Gasteiger partial charge in [-0.05, 0) is 49.3 Å². The van der Waals surface area contributed by atoms with Crippen LogP contribution in [0.3, 0.4) is 0 Å². The Hall–Kier alpha value is -1.52. The number of halogens is 3. The van der Waals surface area contributed by atoms with Crippen molar-refractivity contribution < 1.29 is 22.7 Å². The molecule has 0 N–H and O–H groups in total. The third-order valence-corrected chi connectivity index (χ3v) is 4.13. The van der Waals surface area contributed by atoms with Gasteiger partial charge in [-0.1, -0.05) is 13.8 Å². The van der Waals surface area contributed by atoms with Crippen molar-refractivity contribution in [2.75, 3.05) is 0 Å². The molecule has 0 amide bonds. The van der Waals surface area contributed by atoms with Gasteiger partial charge < -0.3 is 4.74 Å². The normalized spacial score (nSPS) is 22.6. The number of benzene rings is 1. The maximum atomic E-state index is 12.6. The van der Waals surface area contributed by atoms with Crippen LogP contribution in [0.25, 0.3) is 0 Å². The number of alkyl halides is 3. The van der Waals surface area contributed by atoms with Gasteiger partial charge in [0.2, 0.25) is 0 Å². The summed E-state index contributed by atoms with van der Waals surface area (Å²) >= 11 is 0. The van der Waals surface area contributed by atoms with E-state index in [1.807, 2.05) is 0 Å². The molecule has 1 aliphatic carbocycles. The monoisotopic (exact) mass is 300 g/mol. The Morgan fingerprint density at radius 1 is 1.29 bits per heavy atom. The highest BCUT2D eigenvalue weighted by atomic mass is 19.4. The molecule has 2 atom stereocenters. The van der Waals surface area contributed by atoms with Crippen LogP contribution < -0.4 is 4.74 Å². The van der Waals surface area contributed by atoms with Crippen molar-refractivity contribution >= 4 is 6.29 Å². The number of hydrogen-bond acceptors (Lipinski definition) is 2. The van der Waals surface area contributed by atoms with Crippen LogP contribution in [0.15, 0.2) is 18.2 Å². The topological polar surface area (TPSA) is 26.3 Å². The summed E-state index contributed by atoms with van der Waals surface area (Å²) in [6, 6.07) is 3.05. The van der Waals surface area contributed by atoms with E-state index in [2.05, 4.69) is 13.8 Å². The van der Waals surface area contributed by atoms with Crippen molar-refractivity contribution in [2.24, 2.45) is 11.8 Å². The first kappa shape index (κ1) is 15.9. The lowest BCUT2D eigenvalue weighted by atomic mass is 9.95. The predicted octanol–water partition coefficient (Wildman–Crippen LogP) is 4.72. The van der Waals surface area contributed by atoms with Crippen molar-refractivity contribution in [1.29, 1.82) is 0 Å². The molecule has 0 spiro atoms. The quantitative estimate of drug-likeness (QED) is 0.752.